The highest BCUT2D eigenvalue weighted by molar-refractivity contribution is 5.94. The number of hydrogen-bond donors (Lipinski definition) is 1. The van der Waals surface area contributed by atoms with E-state index in [-0.39, 0.29) is 18.2 Å². The van der Waals surface area contributed by atoms with Gasteiger partial charge >= 0.3 is 5.97 Å². The fraction of sp³-hybridized carbons (Fsp3) is 0.615. The van der Waals surface area contributed by atoms with E-state index in [9.17, 15) is 9.59 Å². The highest BCUT2D eigenvalue weighted by Gasteiger charge is 2.26. The maximum absolute atomic E-state index is 12.3. The van der Waals surface area contributed by atoms with E-state index in [0.717, 1.165) is 12.8 Å². The Morgan fingerprint density at radius 2 is 2.37 bits per heavy atom. The van der Waals surface area contributed by atoms with E-state index in [1.54, 1.807) is 11.8 Å². The molecule has 1 aliphatic rings. The van der Waals surface area contributed by atoms with Crippen LogP contribution < -0.4 is 0 Å². The van der Waals surface area contributed by atoms with Crippen molar-refractivity contribution >= 4 is 11.9 Å². The predicted molar refractivity (Wildman–Crippen MR) is 66.7 cm³/mol. The van der Waals surface area contributed by atoms with Crippen LogP contribution in [-0.4, -0.2) is 40.1 Å². The van der Waals surface area contributed by atoms with E-state index in [2.05, 4.69) is 5.16 Å². The zero-order valence-corrected chi connectivity index (χ0v) is 11.0. The van der Waals surface area contributed by atoms with Crippen molar-refractivity contribution in [2.45, 2.75) is 32.6 Å². The van der Waals surface area contributed by atoms with Crippen LogP contribution in [0.5, 0.6) is 0 Å². The van der Waals surface area contributed by atoms with Crippen molar-refractivity contribution in [3.8, 4) is 0 Å². The lowest BCUT2D eigenvalue weighted by Crippen LogP contribution is -2.40. The number of nitrogens with zero attached hydrogens (tertiary/aromatic N) is 2. The van der Waals surface area contributed by atoms with Crippen LogP contribution >= 0.6 is 0 Å². The molecule has 1 saturated heterocycles. The number of aromatic nitrogens is 1. The van der Waals surface area contributed by atoms with Crippen molar-refractivity contribution in [3.63, 3.8) is 0 Å². The van der Waals surface area contributed by atoms with Gasteiger partial charge in [-0.05, 0) is 32.1 Å². The SMILES string of the molecule is Cc1oncc1C(=O)N1CCCC(CCC(=O)O)C1. The van der Waals surface area contributed by atoms with Crippen molar-refractivity contribution in [2.75, 3.05) is 13.1 Å². The molecule has 104 valence electrons. The fourth-order valence-corrected chi connectivity index (χ4v) is 2.49. The molecule has 1 N–H and O–H groups in total. The molecule has 1 atom stereocenters. The first-order chi connectivity index (χ1) is 9.08. The Bertz CT molecular complexity index is 469. The number of carboxylic acids is 1. The van der Waals surface area contributed by atoms with Crippen LogP contribution in [0.4, 0.5) is 0 Å². The Balaban J connectivity index is 1.95. The van der Waals surface area contributed by atoms with Gasteiger partial charge in [-0.1, -0.05) is 5.16 Å². The first-order valence-corrected chi connectivity index (χ1v) is 6.50. The van der Waals surface area contributed by atoms with Crippen molar-refractivity contribution in [1.29, 1.82) is 0 Å². The number of amides is 1. The van der Waals surface area contributed by atoms with E-state index in [0.29, 0.717) is 30.8 Å². The summed E-state index contributed by atoms with van der Waals surface area (Å²) in [6, 6.07) is 0. The van der Waals surface area contributed by atoms with Gasteiger partial charge in [-0.25, -0.2) is 0 Å². The summed E-state index contributed by atoms with van der Waals surface area (Å²) < 4.78 is 4.91. The number of carbonyl (C=O) groups is 2. The second-order valence-electron chi connectivity index (χ2n) is 4.99. The third kappa shape index (κ3) is 3.33. The Morgan fingerprint density at radius 1 is 1.58 bits per heavy atom. The monoisotopic (exact) mass is 266 g/mol. The average molecular weight is 266 g/mol. The lowest BCUT2D eigenvalue weighted by molar-refractivity contribution is -0.137. The molecular formula is C13H18N2O4. The maximum Gasteiger partial charge on any atom is 0.303 e. The summed E-state index contributed by atoms with van der Waals surface area (Å²) in [5.74, 6) is -0.0521. The smallest absolute Gasteiger partial charge is 0.303 e. The minimum atomic E-state index is -0.779. The summed E-state index contributed by atoms with van der Waals surface area (Å²) in [6.45, 7) is 3.05. The molecule has 19 heavy (non-hydrogen) atoms. The van der Waals surface area contributed by atoms with Crippen molar-refractivity contribution < 1.29 is 19.2 Å². The number of likely N-dealkylation sites (tertiary alicyclic amines) is 1. The van der Waals surface area contributed by atoms with Crippen LogP contribution in [0.2, 0.25) is 0 Å². The lowest BCUT2D eigenvalue weighted by atomic mass is 9.93. The van der Waals surface area contributed by atoms with Gasteiger partial charge in [0.05, 0.1) is 6.20 Å². The van der Waals surface area contributed by atoms with Gasteiger partial charge in [0.25, 0.3) is 5.91 Å². The molecular weight excluding hydrogens is 248 g/mol. The van der Waals surface area contributed by atoms with Crippen LogP contribution in [0.15, 0.2) is 10.7 Å². The van der Waals surface area contributed by atoms with Crippen molar-refractivity contribution in [3.05, 3.63) is 17.5 Å². The summed E-state index contributed by atoms with van der Waals surface area (Å²) in [5, 5.41) is 12.3. The second-order valence-corrected chi connectivity index (χ2v) is 4.99. The maximum atomic E-state index is 12.3. The molecule has 0 aliphatic carbocycles. The van der Waals surface area contributed by atoms with Gasteiger partial charge in [0, 0.05) is 19.5 Å². The third-order valence-electron chi connectivity index (χ3n) is 3.55. The normalized spacial score (nSPS) is 19.4. The fourth-order valence-electron chi connectivity index (χ4n) is 2.49. The Hall–Kier alpha value is -1.85. The van der Waals surface area contributed by atoms with Crippen molar-refractivity contribution in [2.24, 2.45) is 5.92 Å². The predicted octanol–water partition coefficient (Wildman–Crippen LogP) is 1.70. The highest BCUT2D eigenvalue weighted by atomic mass is 16.5. The number of carboxylic acid groups (broad SMARTS) is 1. The van der Waals surface area contributed by atoms with Gasteiger partial charge in [0.1, 0.15) is 11.3 Å². The summed E-state index contributed by atoms with van der Waals surface area (Å²) in [7, 11) is 0. The molecule has 0 radical (unpaired) electrons. The number of aliphatic carboxylic acids is 1. The van der Waals surface area contributed by atoms with Crippen molar-refractivity contribution in [1.82, 2.24) is 10.1 Å². The Morgan fingerprint density at radius 3 is 3.00 bits per heavy atom. The number of piperidine rings is 1. The molecule has 1 aliphatic heterocycles. The van der Waals surface area contributed by atoms with Crippen LogP contribution in [0, 0.1) is 12.8 Å². The lowest BCUT2D eigenvalue weighted by Gasteiger charge is -2.32. The van der Waals surface area contributed by atoms with Gasteiger partial charge in [0.15, 0.2) is 0 Å². The summed E-state index contributed by atoms with van der Waals surface area (Å²) in [4.78, 5) is 24.6. The molecule has 0 aromatic carbocycles. The molecule has 6 heteroatoms. The molecule has 1 unspecified atom stereocenters. The van der Waals surface area contributed by atoms with Crippen LogP contribution in [0.3, 0.4) is 0 Å². The number of hydrogen-bond acceptors (Lipinski definition) is 4. The van der Waals surface area contributed by atoms with Crippen LogP contribution in [-0.2, 0) is 4.79 Å². The molecule has 1 amide bonds. The standard InChI is InChI=1S/C13H18N2O4/c1-9-11(7-14-19-9)13(18)15-6-2-3-10(8-15)4-5-12(16)17/h7,10H,2-6,8H2,1H3,(H,16,17). The minimum Gasteiger partial charge on any atom is -0.481 e. The molecule has 1 aromatic heterocycles. The van der Waals surface area contributed by atoms with E-state index in [1.165, 1.54) is 6.20 Å². The van der Waals surface area contributed by atoms with Gasteiger partial charge < -0.3 is 14.5 Å². The molecule has 1 fully saturated rings. The third-order valence-corrected chi connectivity index (χ3v) is 3.55. The number of rotatable bonds is 4. The summed E-state index contributed by atoms with van der Waals surface area (Å²) >= 11 is 0. The number of carbonyl (C=O) groups excluding carboxylic acids is 1. The van der Waals surface area contributed by atoms with E-state index < -0.39 is 5.97 Å². The first kappa shape index (κ1) is 13.6. The van der Waals surface area contributed by atoms with E-state index >= 15 is 0 Å². The molecule has 1 aromatic rings. The van der Waals surface area contributed by atoms with E-state index in [1.807, 2.05) is 0 Å². The van der Waals surface area contributed by atoms with Gasteiger partial charge in [-0.2, -0.15) is 0 Å². The highest BCUT2D eigenvalue weighted by Crippen LogP contribution is 2.23. The Labute approximate surface area is 111 Å². The zero-order chi connectivity index (χ0) is 13.8. The van der Waals surface area contributed by atoms with Gasteiger partial charge in [0.2, 0.25) is 0 Å². The quantitative estimate of drug-likeness (QED) is 0.896. The molecule has 2 rings (SSSR count). The molecule has 2 heterocycles. The Kier molecular flexibility index (Phi) is 4.19. The second kappa shape index (κ2) is 5.86. The largest absolute Gasteiger partial charge is 0.481 e. The van der Waals surface area contributed by atoms with Crippen LogP contribution in [0.25, 0.3) is 0 Å². The van der Waals surface area contributed by atoms with Crippen LogP contribution in [0.1, 0.15) is 41.8 Å². The van der Waals surface area contributed by atoms with Gasteiger partial charge in [-0.3, -0.25) is 9.59 Å². The molecule has 0 saturated carbocycles. The average Bonchev–Trinajstić information content (AvgIpc) is 2.82. The summed E-state index contributed by atoms with van der Waals surface area (Å²) in [5.41, 5.74) is 0.499. The molecule has 6 nitrogen and oxygen atoms in total. The van der Waals surface area contributed by atoms with E-state index in [4.69, 9.17) is 9.63 Å². The molecule has 0 spiro atoms. The van der Waals surface area contributed by atoms with Gasteiger partial charge in [-0.15, -0.1) is 0 Å². The minimum absolute atomic E-state index is 0.0706. The first-order valence-electron chi connectivity index (χ1n) is 6.50. The number of aryl methyl sites for hydroxylation is 1. The topological polar surface area (TPSA) is 83.6 Å². The zero-order valence-electron chi connectivity index (χ0n) is 11.0. The summed E-state index contributed by atoms with van der Waals surface area (Å²) in [6.07, 6.45) is 4.14. The molecule has 0 bridgehead atoms.